The van der Waals surface area contributed by atoms with Crippen LogP contribution in [0.2, 0.25) is 0 Å². The van der Waals surface area contributed by atoms with Crippen LogP contribution in [0.5, 0.6) is 0 Å². The number of aromatic amines is 1. The van der Waals surface area contributed by atoms with Gasteiger partial charge in [0.2, 0.25) is 5.76 Å². The van der Waals surface area contributed by atoms with Crippen LogP contribution in [0.25, 0.3) is 21.3 Å². The lowest BCUT2D eigenvalue weighted by Gasteiger charge is -2.04. The van der Waals surface area contributed by atoms with E-state index >= 15 is 0 Å². The standard InChI is InChI=1S/C18H11BrN2O5S/c19-10-3-1-9(2-4-10)12-8-27-15-14(12)16(22)21(18(25)20-15)7-11-5-6-13(26-11)17(23)24/h1-6,8H,7H2,(H,20,25)(H,23,24). The molecule has 0 amide bonds. The maximum atomic E-state index is 13.0. The Morgan fingerprint density at radius 3 is 2.59 bits per heavy atom. The van der Waals surface area contributed by atoms with Gasteiger partial charge in [0, 0.05) is 15.4 Å². The number of carboxylic acid groups (broad SMARTS) is 1. The molecule has 0 spiro atoms. The lowest BCUT2D eigenvalue weighted by molar-refractivity contribution is 0.0660. The third kappa shape index (κ3) is 3.15. The summed E-state index contributed by atoms with van der Waals surface area (Å²) in [5.74, 6) is -1.25. The van der Waals surface area contributed by atoms with E-state index in [-0.39, 0.29) is 18.1 Å². The van der Waals surface area contributed by atoms with Crippen LogP contribution in [0.1, 0.15) is 16.3 Å². The Kier molecular flexibility index (Phi) is 4.33. The summed E-state index contributed by atoms with van der Waals surface area (Å²) in [6.45, 7) is -0.160. The number of aromatic nitrogens is 2. The monoisotopic (exact) mass is 446 g/mol. The largest absolute Gasteiger partial charge is 0.475 e. The predicted octanol–water partition coefficient (Wildman–Crippen LogP) is 3.52. The van der Waals surface area contributed by atoms with Gasteiger partial charge < -0.3 is 9.52 Å². The van der Waals surface area contributed by atoms with Crippen molar-refractivity contribution < 1.29 is 14.3 Å². The number of fused-ring (bicyclic) bond motifs is 1. The summed E-state index contributed by atoms with van der Waals surface area (Å²) in [6.07, 6.45) is 0. The van der Waals surface area contributed by atoms with Gasteiger partial charge in [0.1, 0.15) is 10.6 Å². The zero-order valence-electron chi connectivity index (χ0n) is 13.6. The van der Waals surface area contributed by atoms with Crippen molar-refractivity contribution in [3.63, 3.8) is 0 Å². The minimum Gasteiger partial charge on any atom is -0.475 e. The van der Waals surface area contributed by atoms with E-state index < -0.39 is 17.2 Å². The van der Waals surface area contributed by atoms with Crippen LogP contribution in [-0.4, -0.2) is 20.6 Å². The van der Waals surface area contributed by atoms with E-state index in [1.54, 1.807) is 0 Å². The average molecular weight is 447 g/mol. The van der Waals surface area contributed by atoms with Crippen molar-refractivity contribution in [3.8, 4) is 11.1 Å². The Morgan fingerprint density at radius 1 is 1.19 bits per heavy atom. The van der Waals surface area contributed by atoms with Crippen LogP contribution in [0.4, 0.5) is 0 Å². The average Bonchev–Trinajstić information content (AvgIpc) is 3.26. The van der Waals surface area contributed by atoms with Crippen molar-refractivity contribution in [2.24, 2.45) is 0 Å². The Balaban J connectivity index is 1.85. The second-order valence-corrected chi connectivity index (χ2v) is 7.55. The van der Waals surface area contributed by atoms with E-state index in [2.05, 4.69) is 20.9 Å². The Hall–Kier alpha value is -2.91. The quantitative estimate of drug-likeness (QED) is 0.498. The number of aromatic carboxylic acids is 1. The first kappa shape index (κ1) is 17.5. The molecule has 0 atom stereocenters. The van der Waals surface area contributed by atoms with Gasteiger partial charge in [0.05, 0.1) is 11.9 Å². The molecule has 27 heavy (non-hydrogen) atoms. The first-order valence-electron chi connectivity index (χ1n) is 7.76. The fourth-order valence-corrected chi connectivity index (χ4v) is 3.99. The number of carboxylic acids is 1. The summed E-state index contributed by atoms with van der Waals surface area (Å²) in [5, 5.41) is 11.2. The topological polar surface area (TPSA) is 105 Å². The van der Waals surface area contributed by atoms with E-state index in [1.165, 1.54) is 23.5 Å². The Labute approximate surface area is 163 Å². The number of halogens is 1. The van der Waals surface area contributed by atoms with Gasteiger partial charge in [-0.1, -0.05) is 28.1 Å². The van der Waals surface area contributed by atoms with Crippen LogP contribution in [0, 0.1) is 0 Å². The highest BCUT2D eigenvalue weighted by Gasteiger charge is 2.17. The number of rotatable bonds is 4. The summed E-state index contributed by atoms with van der Waals surface area (Å²) in [5.41, 5.74) is 0.542. The van der Waals surface area contributed by atoms with Crippen LogP contribution in [0.15, 0.2) is 60.3 Å². The number of furan rings is 1. The zero-order valence-corrected chi connectivity index (χ0v) is 16.0. The normalized spacial score (nSPS) is 11.1. The lowest BCUT2D eigenvalue weighted by atomic mass is 10.1. The summed E-state index contributed by atoms with van der Waals surface area (Å²) >= 11 is 4.66. The van der Waals surface area contributed by atoms with Gasteiger partial charge in [-0.3, -0.25) is 14.3 Å². The Bertz CT molecular complexity index is 1280. The highest BCUT2D eigenvalue weighted by atomic mass is 79.9. The van der Waals surface area contributed by atoms with E-state index in [1.807, 2.05) is 29.6 Å². The van der Waals surface area contributed by atoms with E-state index in [0.717, 1.165) is 20.2 Å². The molecule has 4 rings (SSSR count). The molecule has 0 radical (unpaired) electrons. The van der Waals surface area contributed by atoms with Crippen LogP contribution in [-0.2, 0) is 6.54 Å². The smallest absolute Gasteiger partial charge is 0.371 e. The van der Waals surface area contributed by atoms with Crippen molar-refractivity contribution in [3.05, 3.63) is 78.6 Å². The third-order valence-electron chi connectivity index (χ3n) is 4.06. The molecular formula is C18H11BrN2O5S. The molecule has 0 aliphatic carbocycles. The summed E-state index contributed by atoms with van der Waals surface area (Å²) in [4.78, 5) is 39.5. The van der Waals surface area contributed by atoms with Crippen molar-refractivity contribution in [2.75, 3.05) is 0 Å². The zero-order chi connectivity index (χ0) is 19.1. The van der Waals surface area contributed by atoms with E-state index in [0.29, 0.717) is 10.2 Å². The number of hydrogen-bond acceptors (Lipinski definition) is 5. The second-order valence-electron chi connectivity index (χ2n) is 5.75. The Morgan fingerprint density at radius 2 is 1.93 bits per heavy atom. The number of H-pyrrole nitrogens is 1. The highest BCUT2D eigenvalue weighted by Crippen LogP contribution is 2.31. The van der Waals surface area contributed by atoms with Gasteiger partial charge in [-0.2, -0.15) is 0 Å². The maximum Gasteiger partial charge on any atom is 0.371 e. The van der Waals surface area contributed by atoms with Crippen LogP contribution >= 0.6 is 27.3 Å². The molecule has 0 bridgehead atoms. The van der Waals surface area contributed by atoms with Gasteiger partial charge in [-0.25, -0.2) is 9.59 Å². The number of thiophene rings is 1. The number of nitrogens with zero attached hydrogens (tertiary/aromatic N) is 1. The fourth-order valence-electron chi connectivity index (χ4n) is 2.77. The fraction of sp³-hybridized carbons (Fsp3) is 0.0556. The molecule has 0 aliphatic heterocycles. The molecular weight excluding hydrogens is 436 g/mol. The number of hydrogen-bond donors (Lipinski definition) is 2. The molecule has 9 heteroatoms. The van der Waals surface area contributed by atoms with Crippen molar-refractivity contribution in [1.82, 2.24) is 9.55 Å². The molecule has 2 N–H and O–H groups in total. The molecule has 0 saturated heterocycles. The molecule has 0 aliphatic rings. The molecule has 136 valence electrons. The molecule has 3 heterocycles. The molecule has 1 aromatic carbocycles. The minimum atomic E-state index is -1.21. The SMILES string of the molecule is O=C(O)c1ccc(Cn2c(=O)[nH]c3scc(-c4ccc(Br)cc4)c3c2=O)o1. The first-order chi connectivity index (χ1) is 12.9. The van der Waals surface area contributed by atoms with Crippen molar-refractivity contribution >= 4 is 43.5 Å². The minimum absolute atomic E-state index is 0.160. The maximum absolute atomic E-state index is 13.0. The van der Waals surface area contributed by atoms with Crippen molar-refractivity contribution in [2.45, 2.75) is 6.54 Å². The number of nitrogens with one attached hydrogen (secondary N) is 1. The van der Waals surface area contributed by atoms with E-state index in [9.17, 15) is 14.4 Å². The van der Waals surface area contributed by atoms with Crippen LogP contribution < -0.4 is 11.2 Å². The van der Waals surface area contributed by atoms with E-state index in [4.69, 9.17) is 9.52 Å². The first-order valence-corrected chi connectivity index (χ1v) is 9.43. The van der Waals surface area contributed by atoms with Crippen molar-refractivity contribution in [1.29, 1.82) is 0 Å². The molecule has 0 fully saturated rings. The summed E-state index contributed by atoms with van der Waals surface area (Å²) in [7, 11) is 0. The summed E-state index contributed by atoms with van der Waals surface area (Å²) < 4.78 is 7.09. The highest BCUT2D eigenvalue weighted by molar-refractivity contribution is 9.10. The predicted molar refractivity (Wildman–Crippen MR) is 105 cm³/mol. The number of benzene rings is 1. The van der Waals surface area contributed by atoms with Gasteiger partial charge >= 0.3 is 11.7 Å². The van der Waals surface area contributed by atoms with Crippen LogP contribution in [0.3, 0.4) is 0 Å². The third-order valence-corrected chi connectivity index (χ3v) is 5.48. The molecule has 4 aromatic rings. The van der Waals surface area contributed by atoms with Gasteiger partial charge in [-0.05, 0) is 29.8 Å². The molecule has 7 nitrogen and oxygen atoms in total. The molecule has 0 unspecified atom stereocenters. The molecule has 0 saturated carbocycles. The van der Waals surface area contributed by atoms with Gasteiger partial charge in [0.15, 0.2) is 0 Å². The summed E-state index contributed by atoms with van der Waals surface area (Å²) in [6, 6.07) is 10.2. The number of carbonyl (C=O) groups is 1. The van der Waals surface area contributed by atoms with Gasteiger partial charge in [0.25, 0.3) is 5.56 Å². The lowest BCUT2D eigenvalue weighted by Crippen LogP contribution is -2.35. The second kappa shape index (κ2) is 6.67. The van der Waals surface area contributed by atoms with Gasteiger partial charge in [-0.15, -0.1) is 11.3 Å². The molecule has 3 aromatic heterocycles.